The Morgan fingerprint density at radius 2 is 1.77 bits per heavy atom. The Balaban J connectivity index is 2.53. The van der Waals surface area contributed by atoms with E-state index in [-0.39, 0.29) is 0 Å². The molecule has 0 fully saturated rings. The van der Waals surface area contributed by atoms with E-state index in [9.17, 15) is 0 Å². The number of hydrogen-bond donors (Lipinski definition) is 0. The maximum Gasteiger partial charge on any atom is 0.0689 e. The van der Waals surface area contributed by atoms with Crippen molar-refractivity contribution in [2.45, 2.75) is 13.8 Å². The van der Waals surface area contributed by atoms with Crippen molar-refractivity contribution in [2.24, 2.45) is 0 Å². The summed E-state index contributed by atoms with van der Waals surface area (Å²) in [5, 5.41) is 6.72. The summed E-state index contributed by atoms with van der Waals surface area (Å²) in [5.41, 5.74) is 1.08. The third kappa shape index (κ3) is 1.50. The van der Waals surface area contributed by atoms with Gasteiger partial charge in [-0.1, -0.05) is 18.2 Å². The number of benzene rings is 1. The van der Waals surface area contributed by atoms with Gasteiger partial charge >= 0.3 is 0 Å². The largest absolute Gasteiger partial charge is 0.151 e. The van der Waals surface area contributed by atoms with Crippen LogP contribution in [0, 0.1) is 13.8 Å². The lowest BCUT2D eigenvalue weighted by atomic mass is 10.4. The number of rotatable bonds is 1. The van der Waals surface area contributed by atoms with Crippen LogP contribution < -0.4 is 0 Å². The number of aryl methyl sites for hydroxylation is 1. The van der Waals surface area contributed by atoms with Crippen molar-refractivity contribution in [3.63, 3.8) is 0 Å². The summed E-state index contributed by atoms with van der Waals surface area (Å²) in [4.78, 5) is 4.28. The first-order chi connectivity index (χ1) is 6.29. The monoisotopic (exact) mass is 190 g/mol. The molecule has 66 valence electrons. The van der Waals surface area contributed by atoms with Gasteiger partial charge in [0.1, 0.15) is 0 Å². The van der Waals surface area contributed by atoms with E-state index in [2.05, 4.69) is 29.0 Å². The molecule has 0 aliphatic heterocycles. The number of hydrogen-bond acceptors (Lipinski definition) is 2. The van der Waals surface area contributed by atoms with Gasteiger partial charge in [0, 0.05) is 18.3 Å². The number of aromatic nitrogens is 2. The van der Waals surface area contributed by atoms with Crippen LogP contribution in [0.3, 0.4) is 0 Å². The molecule has 2 nitrogen and oxygen atoms in total. The standard InChI is InChI=1S/C10H11N2P/c1-8-9(2)13(12-11-8)10-6-4-3-5-7-10/h3-7H,1-2H3. The van der Waals surface area contributed by atoms with Crippen LogP contribution in [-0.2, 0) is 0 Å². The maximum atomic E-state index is 4.28. The Hall–Kier alpha value is -1.14. The minimum absolute atomic E-state index is 0.503. The van der Waals surface area contributed by atoms with Crippen molar-refractivity contribution < 1.29 is 0 Å². The minimum Gasteiger partial charge on any atom is -0.151 e. The molecular weight excluding hydrogens is 179 g/mol. The molecule has 3 heteroatoms. The Labute approximate surface area is 78.8 Å². The van der Waals surface area contributed by atoms with Crippen molar-refractivity contribution in [3.05, 3.63) is 41.3 Å². The third-order valence-corrected chi connectivity index (χ3v) is 4.14. The van der Waals surface area contributed by atoms with Gasteiger partial charge in [-0.05, 0) is 26.0 Å². The van der Waals surface area contributed by atoms with Crippen molar-refractivity contribution >= 4 is 7.69 Å². The fourth-order valence-electron chi connectivity index (χ4n) is 1.22. The van der Waals surface area contributed by atoms with Gasteiger partial charge in [0.2, 0.25) is 0 Å². The summed E-state index contributed by atoms with van der Waals surface area (Å²) in [6.45, 7) is 4.14. The van der Waals surface area contributed by atoms with Gasteiger partial charge in [-0.25, -0.2) is 0 Å². The van der Waals surface area contributed by atoms with Gasteiger partial charge in [0.15, 0.2) is 0 Å². The van der Waals surface area contributed by atoms with Gasteiger partial charge in [-0.15, -0.1) is 4.86 Å². The van der Waals surface area contributed by atoms with E-state index >= 15 is 0 Å². The van der Waals surface area contributed by atoms with Gasteiger partial charge < -0.3 is 0 Å². The van der Waals surface area contributed by atoms with Gasteiger partial charge in [0.25, 0.3) is 0 Å². The Morgan fingerprint density at radius 1 is 1.08 bits per heavy atom. The maximum absolute atomic E-state index is 4.28. The molecule has 1 aromatic carbocycles. The summed E-state index contributed by atoms with van der Waals surface area (Å²) in [7, 11) is -0.503. The van der Waals surface area contributed by atoms with E-state index < -0.39 is 7.69 Å². The van der Waals surface area contributed by atoms with E-state index in [0.717, 1.165) is 5.69 Å². The topological polar surface area (TPSA) is 25.8 Å². The molecule has 0 bridgehead atoms. The van der Waals surface area contributed by atoms with Crippen molar-refractivity contribution in [3.8, 4) is 5.30 Å². The molecule has 1 atom stereocenters. The van der Waals surface area contributed by atoms with E-state index in [0.29, 0.717) is 0 Å². The van der Waals surface area contributed by atoms with Crippen molar-refractivity contribution in [1.29, 1.82) is 0 Å². The summed E-state index contributed by atoms with van der Waals surface area (Å²) >= 11 is 0. The van der Waals surface area contributed by atoms with Crippen molar-refractivity contribution in [1.82, 2.24) is 9.96 Å². The zero-order chi connectivity index (χ0) is 9.26. The summed E-state index contributed by atoms with van der Waals surface area (Å²) in [6, 6.07) is 10.4. The summed E-state index contributed by atoms with van der Waals surface area (Å²) < 4.78 is 0. The molecule has 0 saturated heterocycles. The molecule has 1 aromatic heterocycles. The van der Waals surface area contributed by atoms with Crippen LogP contribution in [0.25, 0.3) is 5.30 Å². The summed E-state index contributed by atoms with van der Waals surface area (Å²) in [6.07, 6.45) is 0. The normalized spacial score (nSPS) is 11.7. The molecule has 13 heavy (non-hydrogen) atoms. The Bertz CT molecular complexity index is 406. The van der Waals surface area contributed by atoms with E-state index in [1.807, 2.05) is 25.1 Å². The van der Waals surface area contributed by atoms with Crippen LogP contribution in [0.1, 0.15) is 11.0 Å². The molecule has 2 aromatic rings. The van der Waals surface area contributed by atoms with E-state index in [4.69, 9.17) is 0 Å². The predicted octanol–water partition coefficient (Wildman–Crippen LogP) is 3.07. The van der Waals surface area contributed by atoms with Crippen LogP contribution in [0.15, 0.2) is 30.3 Å². The lowest BCUT2D eigenvalue weighted by Gasteiger charge is -1.97. The molecule has 0 amide bonds. The molecular formula is C10H11N2P. The quantitative estimate of drug-likeness (QED) is 0.690. The molecule has 1 heterocycles. The average Bonchev–Trinajstić information content (AvgIpc) is 2.49. The highest BCUT2D eigenvalue weighted by atomic mass is 31.1. The Morgan fingerprint density at radius 3 is 2.31 bits per heavy atom. The highest BCUT2D eigenvalue weighted by Gasteiger charge is 2.06. The summed E-state index contributed by atoms with van der Waals surface area (Å²) in [5.74, 6) is 0. The van der Waals surface area contributed by atoms with Crippen molar-refractivity contribution in [2.75, 3.05) is 0 Å². The van der Waals surface area contributed by atoms with Crippen LogP contribution in [-0.4, -0.2) is 9.96 Å². The fourth-order valence-corrected chi connectivity index (χ4v) is 2.87. The molecule has 0 aliphatic carbocycles. The zero-order valence-corrected chi connectivity index (χ0v) is 8.62. The SMILES string of the molecule is Cc1nnp(-c2ccccc2)c1C. The lowest BCUT2D eigenvalue weighted by Crippen LogP contribution is -1.71. The minimum atomic E-state index is -0.503. The van der Waals surface area contributed by atoms with Crippen LogP contribution >= 0.6 is 7.69 Å². The third-order valence-electron chi connectivity index (χ3n) is 2.13. The van der Waals surface area contributed by atoms with Crippen LogP contribution in [0.4, 0.5) is 0 Å². The van der Waals surface area contributed by atoms with Gasteiger partial charge in [0.05, 0.1) is 5.69 Å². The highest BCUT2D eigenvalue weighted by molar-refractivity contribution is 7.54. The fraction of sp³-hybridized carbons (Fsp3) is 0.200. The predicted molar refractivity (Wildman–Crippen MR) is 55.6 cm³/mol. The molecule has 0 spiro atoms. The second-order valence-electron chi connectivity index (χ2n) is 3.01. The van der Waals surface area contributed by atoms with E-state index in [1.165, 1.54) is 10.6 Å². The Kier molecular flexibility index (Phi) is 2.15. The van der Waals surface area contributed by atoms with E-state index in [1.54, 1.807) is 0 Å². The lowest BCUT2D eigenvalue weighted by molar-refractivity contribution is 1.08. The van der Waals surface area contributed by atoms with Crippen LogP contribution in [0.5, 0.6) is 0 Å². The first kappa shape index (κ1) is 8.46. The van der Waals surface area contributed by atoms with Gasteiger partial charge in [-0.2, -0.15) is 5.10 Å². The van der Waals surface area contributed by atoms with Crippen LogP contribution in [0.2, 0.25) is 0 Å². The smallest absolute Gasteiger partial charge is 0.0689 e. The average molecular weight is 190 g/mol. The molecule has 0 aliphatic rings. The first-order valence-corrected chi connectivity index (χ1v) is 5.53. The molecule has 0 N–H and O–H groups in total. The first-order valence-electron chi connectivity index (χ1n) is 4.23. The zero-order valence-electron chi connectivity index (χ0n) is 7.73. The highest BCUT2D eigenvalue weighted by Crippen LogP contribution is 2.39. The second kappa shape index (κ2) is 3.31. The molecule has 0 saturated carbocycles. The molecule has 1 unspecified atom stereocenters. The molecule has 2 rings (SSSR count). The van der Waals surface area contributed by atoms with Gasteiger partial charge in [-0.3, -0.25) is 0 Å². The molecule has 0 radical (unpaired) electrons. The second-order valence-corrected chi connectivity index (χ2v) is 5.00. The number of nitrogens with zero attached hydrogens (tertiary/aromatic N) is 2.